The average molecular weight is 291 g/mol. The van der Waals surface area contributed by atoms with Gasteiger partial charge in [0.05, 0.1) is 6.61 Å². The average Bonchev–Trinajstić information content (AvgIpc) is 2.98. The molecule has 3 heterocycles. The number of piperazine rings is 1. The molecule has 0 spiro atoms. The number of aromatic nitrogens is 2. The number of ether oxygens (including phenoxy) is 1. The predicted molar refractivity (Wildman–Crippen MR) is 82.5 cm³/mol. The lowest BCUT2D eigenvalue weighted by atomic mass is 9.86. The van der Waals surface area contributed by atoms with Crippen LogP contribution in [0.25, 0.3) is 0 Å². The fourth-order valence-corrected chi connectivity index (χ4v) is 3.38. The Labute approximate surface area is 126 Å². The first-order valence-corrected chi connectivity index (χ1v) is 7.78. The van der Waals surface area contributed by atoms with Crippen molar-refractivity contribution in [3.8, 4) is 0 Å². The number of nitrogens with one attached hydrogen (secondary N) is 1. The van der Waals surface area contributed by atoms with Crippen molar-refractivity contribution in [1.29, 1.82) is 0 Å². The maximum atomic E-state index is 5.65. The Morgan fingerprint density at radius 1 is 1.24 bits per heavy atom. The van der Waals surface area contributed by atoms with E-state index in [9.17, 15) is 0 Å². The SMILES string of the molecule is CNCC1(CN2CCN(c3ncccn3)CC2)CCOC1. The largest absolute Gasteiger partial charge is 0.381 e. The number of hydrogen-bond acceptors (Lipinski definition) is 6. The van der Waals surface area contributed by atoms with Crippen molar-refractivity contribution >= 4 is 5.95 Å². The lowest BCUT2D eigenvalue weighted by Gasteiger charge is -2.39. The van der Waals surface area contributed by atoms with Gasteiger partial charge >= 0.3 is 0 Å². The van der Waals surface area contributed by atoms with Crippen LogP contribution >= 0.6 is 0 Å². The van der Waals surface area contributed by atoms with E-state index in [4.69, 9.17) is 4.74 Å². The van der Waals surface area contributed by atoms with Gasteiger partial charge in [0.2, 0.25) is 5.95 Å². The highest BCUT2D eigenvalue weighted by Crippen LogP contribution is 2.29. The Bertz CT molecular complexity index is 427. The van der Waals surface area contributed by atoms with Crippen molar-refractivity contribution in [3.05, 3.63) is 18.5 Å². The molecule has 0 aromatic carbocycles. The highest BCUT2D eigenvalue weighted by molar-refractivity contribution is 5.29. The third kappa shape index (κ3) is 3.51. The molecule has 0 aliphatic carbocycles. The van der Waals surface area contributed by atoms with Crippen molar-refractivity contribution in [2.24, 2.45) is 5.41 Å². The molecule has 3 rings (SSSR count). The van der Waals surface area contributed by atoms with Gasteiger partial charge in [0.15, 0.2) is 0 Å². The summed E-state index contributed by atoms with van der Waals surface area (Å²) in [5, 5.41) is 3.34. The Hall–Kier alpha value is -1.24. The normalized spacial score (nSPS) is 27.2. The Kier molecular flexibility index (Phi) is 4.67. The molecule has 1 aromatic heterocycles. The third-order valence-corrected chi connectivity index (χ3v) is 4.50. The second kappa shape index (κ2) is 6.68. The molecule has 6 heteroatoms. The topological polar surface area (TPSA) is 53.5 Å². The minimum absolute atomic E-state index is 0.292. The molecule has 1 atom stereocenters. The molecule has 0 amide bonds. The standard InChI is InChI=1S/C15H25N5O/c1-16-11-15(3-10-21-13-15)12-19-6-8-20(9-7-19)14-17-4-2-5-18-14/h2,4-5,16H,3,6-13H2,1H3. The van der Waals surface area contributed by atoms with E-state index in [1.807, 2.05) is 25.5 Å². The van der Waals surface area contributed by atoms with E-state index >= 15 is 0 Å². The summed E-state index contributed by atoms with van der Waals surface area (Å²) < 4.78 is 5.65. The summed E-state index contributed by atoms with van der Waals surface area (Å²) in [7, 11) is 2.03. The maximum Gasteiger partial charge on any atom is 0.225 e. The van der Waals surface area contributed by atoms with Gasteiger partial charge < -0.3 is 15.0 Å². The smallest absolute Gasteiger partial charge is 0.225 e. The minimum Gasteiger partial charge on any atom is -0.381 e. The molecule has 1 unspecified atom stereocenters. The van der Waals surface area contributed by atoms with Crippen LogP contribution in [0.2, 0.25) is 0 Å². The van der Waals surface area contributed by atoms with Gasteiger partial charge in [0.1, 0.15) is 0 Å². The summed E-state index contributed by atoms with van der Waals surface area (Å²) in [6.07, 6.45) is 4.79. The van der Waals surface area contributed by atoms with Gasteiger partial charge in [0.25, 0.3) is 0 Å². The fraction of sp³-hybridized carbons (Fsp3) is 0.733. The summed E-state index contributed by atoms with van der Waals surface area (Å²) in [6.45, 7) is 8.09. The lowest BCUT2D eigenvalue weighted by Crippen LogP contribution is -2.52. The molecule has 0 saturated carbocycles. The summed E-state index contributed by atoms with van der Waals surface area (Å²) in [5.74, 6) is 0.853. The molecule has 2 saturated heterocycles. The van der Waals surface area contributed by atoms with Gasteiger partial charge in [-0.2, -0.15) is 0 Å². The fourth-order valence-electron chi connectivity index (χ4n) is 3.38. The molecule has 2 fully saturated rings. The van der Waals surface area contributed by atoms with Gasteiger partial charge in [-0.25, -0.2) is 9.97 Å². The van der Waals surface area contributed by atoms with E-state index in [1.165, 1.54) is 0 Å². The molecule has 116 valence electrons. The minimum atomic E-state index is 0.292. The summed E-state index contributed by atoms with van der Waals surface area (Å²) in [4.78, 5) is 13.5. The highest BCUT2D eigenvalue weighted by atomic mass is 16.5. The van der Waals surface area contributed by atoms with Gasteiger partial charge in [0, 0.05) is 63.7 Å². The van der Waals surface area contributed by atoms with Crippen LogP contribution in [-0.4, -0.2) is 74.4 Å². The van der Waals surface area contributed by atoms with Gasteiger partial charge in [-0.05, 0) is 19.5 Å². The van der Waals surface area contributed by atoms with Crippen LogP contribution in [0.1, 0.15) is 6.42 Å². The highest BCUT2D eigenvalue weighted by Gasteiger charge is 2.36. The predicted octanol–water partition coefficient (Wildman–Crippen LogP) is 0.225. The summed E-state index contributed by atoms with van der Waals surface area (Å²) in [5.41, 5.74) is 0.292. The quantitative estimate of drug-likeness (QED) is 0.838. The number of nitrogens with zero attached hydrogens (tertiary/aromatic N) is 4. The van der Waals surface area contributed by atoms with Crippen LogP contribution in [0.4, 0.5) is 5.95 Å². The van der Waals surface area contributed by atoms with Crippen LogP contribution in [0, 0.1) is 5.41 Å². The molecule has 0 bridgehead atoms. The van der Waals surface area contributed by atoms with Crippen LogP contribution in [0.3, 0.4) is 0 Å². The van der Waals surface area contributed by atoms with E-state index in [-0.39, 0.29) is 0 Å². The van der Waals surface area contributed by atoms with Gasteiger partial charge in [-0.3, -0.25) is 4.90 Å². The first-order chi connectivity index (χ1) is 10.3. The van der Waals surface area contributed by atoms with E-state index < -0.39 is 0 Å². The Balaban J connectivity index is 1.53. The zero-order valence-corrected chi connectivity index (χ0v) is 12.8. The third-order valence-electron chi connectivity index (χ3n) is 4.50. The molecular weight excluding hydrogens is 266 g/mol. The second-order valence-electron chi connectivity index (χ2n) is 6.14. The summed E-state index contributed by atoms with van der Waals surface area (Å²) in [6, 6.07) is 1.86. The van der Waals surface area contributed by atoms with Crippen molar-refractivity contribution in [3.63, 3.8) is 0 Å². The monoisotopic (exact) mass is 291 g/mol. The molecule has 2 aliphatic heterocycles. The molecule has 0 radical (unpaired) electrons. The molecule has 21 heavy (non-hydrogen) atoms. The number of hydrogen-bond donors (Lipinski definition) is 1. The van der Waals surface area contributed by atoms with Crippen LogP contribution in [0.5, 0.6) is 0 Å². The van der Waals surface area contributed by atoms with Crippen LogP contribution < -0.4 is 10.2 Å². The number of rotatable bonds is 5. The van der Waals surface area contributed by atoms with E-state index in [0.29, 0.717) is 5.41 Å². The van der Waals surface area contributed by atoms with Crippen molar-refractivity contribution in [2.45, 2.75) is 6.42 Å². The summed E-state index contributed by atoms with van der Waals surface area (Å²) >= 11 is 0. The number of anilines is 1. The van der Waals surface area contributed by atoms with Crippen LogP contribution in [-0.2, 0) is 4.74 Å². The first kappa shape index (κ1) is 14.7. The maximum absolute atomic E-state index is 5.65. The first-order valence-electron chi connectivity index (χ1n) is 7.78. The van der Waals surface area contributed by atoms with E-state index in [2.05, 4.69) is 25.1 Å². The van der Waals surface area contributed by atoms with Crippen molar-refractivity contribution in [2.75, 3.05) is 64.4 Å². The second-order valence-corrected chi connectivity index (χ2v) is 6.14. The molecule has 2 aliphatic rings. The molecule has 1 aromatic rings. The lowest BCUT2D eigenvalue weighted by molar-refractivity contribution is 0.106. The van der Waals surface area contributed by atoms with Gasteiger partial charge in [-0.1, -0.05) is 0 Å². The van der Waals surface area contributed by atoms with Crippen molar-refractivity contribution in [1.82, 2.24) is 20.2 Å². The van der Waals surface area contributed by atoms with E-state index in [0.717, 1.165) is 64.9 Å². The van der Waals surface area contributed by atoms with Crippen LogP contribution in [0.15, 0.2) is 18.5 Å². The van der Waals surface area contributed by atoms with Gasteiger partial charge in [-0.15, -0.1) is 0 Å². The molecular formula is C15H25N5O. The molecule has 1 N–H and O–H groups in total. The Morgan fingerprint density at radius 2 is 2.00 bits per heavy atom. The zero-order valence-electron chi connectivity index (χ0n) is 12.8. The Morgan fingerprint density at radius 3 is 2.62 bits per heavy atom. The van der Waals surface area contributed by atoms with Crippen molar-refractivity contribution < 1.29 is 4.74 Å². The zero-order chi connectivity index (χ0) is 14.5. The molecule has 6 nitrogen and oxygen atoms in total. The van der Waals surface area contributed by atoms with E-state index in [1.54, 1.807) is 0 Å².